The molecule has 0 unspecified atom stereocenters. The maximum Gasteiger partial charge on any atom is 0.166 e. The molecule has 0 saturated carbocycles. The van der Waals surface area contributed by atoms with Crippen molar-refractivity contribution in [2.45, 2.75) is 0 Å². The second-order valence-electron chi connectivity index (χ2n) is 3.76. The molecule has 3 rings (SSSR count). The molecule has 0 spiro atoms. The van der Waals surface area contributed by atoms with Crippen LogP contribution in [-0.2, 0) is 0 Å². The molecule has 0 amide bonds. The lowest BCUT2D eigenvalue weighted by Crippen LogP contribution is -1.94. The zero-order valence-electron chi connectivity index (χ0n) is 8.84. The molecule has 3 aromatic rings. The lowest BCUT2D eigenvalue weighted by atomic mass is 10.1. The van der Waals surface area contributed by atoms with Gasteiger partial charge in [-0.25, -0.2) is 4.68 Å². The third-order valence-electron chi connectivity index (χ3n) is 2.56. The minimum Gasteiger partial charge on any atom is -0.381 e. The van der Waals surface area contributed by atoms with Crippen LogP contribution >= 0.6 is 15.9 Å². The second kappa shape index (κ2) is 3.85. The lowest BCUT2D eigenvalue weighted by Gasteiger charge is -2.03. The maximum atomic E-state index is 5.55. The van der Waals surface area contributed by atoms with Crippen LogP contribution < -0.4 is 5.73 Å². The van der Waals surface area contributed by atoms with Crippen LogP contribution in [-0.4, -0.2) is 15.0 Å². The van der Waals surface area contributed by atoms with E-state index >= 15 is 0 Å². The molecule has 1 aromatic heterocycles. The molecule has 0 aliphatic carbocycles. The lowest BCUT2D eigenvalue weighted by molar-refractivity contribution is 0.805. The Hall–Kier alpha value is -1.88. The van der Waals surface area contributed by atoms with E-state index in [1.54, 1.807) is 10.9 Å². The normalized spacial score (nSPS) is 10.9. The van der Waals surface area contributed by atoms with Crippen molar-refractivity contribution < 1.29 is 0 Å². The number of hydrogen-bond donors (Lipinski definition) is 1. The summed E-state index contributed by atoms with van der Waals surface area (Å²) in [6.07, 6.45) is 1.69. The average molecular weight is 289 g/mol. The Morgan fingerprint density at radius 2 is 1.82 bits per heavy atom. The smallest absolute Gasteiger partial charge is 0.166 e. The first-order chi connectivity index (χ1) is 8.22. The van der Waals surface area contributed by atoms with E-state index in [0.717, 1.165) is 15.5 Å². The van der Waals surface area contributed by atoms with Crippen LogP contribution in [0.3, 0.4) is 0 Å². The third kappa shape index (κ3) is 1.89. The Balaban J connectivity index is 2.16. The molecule has 0 radical (unpaired) electrons. The van der Waals surface area contributed by atoms with Gasteiger partial charge in [0, 0.05) is 4.47 Å². The number of halogens is 1. The van der Waals surface area contributed by atoms with Crippen LogP contribution in [0.1, 0.15) is 0 Å². The molecule has 2 aromatic carbocycles. The zero-order chi connectivity index (χ0) is 11.8. The van der Waals surface area contributed by atoms with Crippen LogP contribution in [0.5, 0.6) is 0 Å². The summed E-state index contributed by atoms with van der Waals surface area (Å²) in [5.74, 6) is 0.418. The summed E-state index contributed by atoms with van der Waals surface area (Å²) in [6.45, 7) is 0. The summed E-state index contributed by atoms with van der Waals surface area (Å²) in [5.41, 5.74) is 6.50. The third-order valence-corrected chi connectivity index (χ3v) is 3.05. The van der Waals surface area contributed by atoms with Gasteiger partial charge in [0.2, 0.25) is 0 Å². The molecule has 0 saturated heterocycles. The van der Waals surface area contributed by atoms with Gasteiger partial charge in [0.05, 0.1) is 11.9 Å². The second-order valence-corrected chi connectivity index (χ2v) is 4.68. The summed E-state index contributed by atoms with van der Waals surface area (Å²) in [4.78, 5) is 0. The summed E-state index contributed by atoms with van der Waals surface area (Å²) in [5, 5.41) is 10.0. The van der Waals surface area contributed by atoms with Gasteiger partial charge in [-0.2, -0.15) is 0 Å². The first kappa shape index (κ1) is 10.3. The Kier molecular flexibility index (Phi) is 2.33. The topological polar surface area (TPSA) is 56.7 Å². The van der Waals surface area contributed by atoms with E-state index in [2.05, 4.69) is 44.4 Å². The summed E-state index contributed by atoms with van der Waals surface area (Å²) >= 11 is 3.46. The van der Waals surface area contributed by atoms with Crippen molar-refractivity contribution in [3.8, 4) is 5.69 Å². The van der Waals surface area contributed by atoms with Gasteiger partial charge >= 0.3 is 0 Å². The number of aromatic nitrogens is 3. The predicted molar refractivity (Wildman–Crippen MR) is 71.0 cm³/mol. The molecule has 0 atom stereocenters. The highest BCUT2D eigenvalue weighted by Crippen LogP contribution is 2.22. The van der Waals surface area contributed by atoms with E-state index in [0.29, 0.717) is 5.82 Å². The van der Waals surface area contributed by atoms with Crippen molar-refractivity contribution in [2.24, 2.45) is 0 Å². The number of nitrogen functional groups attached to an aromatic ring is 1. The quantitative estimate of drug-likeness (QED) is 0.749. The van der Waals surface area contributed by atoms with Gasteiger partial charge in [0.25, 0.3) is 0 Å². The van der Waals surface area contributed by atoms with Crippen molar-refractivity contribution in [3.63, 3.8) is 0 Å². The van der Waals surface area contributed by atoms with E-state index in [4.69, 9.17) is 5.73 Å². The van der Waals surface area contributed by atoms with Crippen LogP contribution in [0.25, 0.3) is 16.5 Å². The van der Waals surface area contributed by atoms with Crippen molar-refractivity contribution in [1.82, 2.24) is 15.0 Å². The fourth-order valence-corrected chi connectivity index (χ4v) is 2.13. The first-order valence-electron chi connectivity index (χ1n) is 5.10. The van der Waals surface area contributed by atoms with Crippen LogP contribution in [0.2, 0.25) is 0 Å². The Bertz CT molecular complexity index is 690. The monoisotopic (exact) mass is 288 g/mol. The fraction of sp³-hybridized carbons (Fsp3) is 0. The van der Waals surface area contributed by atoms with Crippen LogP contribution in [0.4, 0.5) is 5.82 Å². The molecule has 0 aliphatic heterocycles. The van der Waals surface area contributed by atoms with Gasteiger partial charge in [-0.3, -0.25) is 0 Å². The van der Waals surface area contributed by atoms with E-state index in [1.165, 1.54) is 5.39 Å². The zero-order valence-corrected chi connectivity index (χ0v) is 10.4. The highest BCUT2D eigenvalue weighted by atomic mass is 79.9. The van der Waals surface area contributed by atoms with E-state index < -0.39 is 0 Å². The standard InChI is InChI=1S/C12H9BrN4/c13-10-3-1-9-6-11(4-2-8(9)5-10)17-7-12(14)15-16-17/h1-7H,14H2. The average Bonchev–Trinajstić information content (AvgIpc) is 2.75. The van der Waals surface area contributed by atoms with Crippen LogP contribution in [0.15, 0.2) is 47.1 Å². The molecule has 5 heteroatoms. The molecule has 17 heavy (non-hydrogen) atoms. The number of benzene rings is 2. The molecular formula is C12H9BrN4. The van der Waals surface area contributed by atoms with Crippen molar-refractivity contribution in [1.29, 1.82) is 0 Å². The number of anilines is 1. The van der Waals surface area contributed by atoms with Gasteiger partial charge in [-0.1, -0.05) is 33.3 Å². The van der Waals surface area contributed by atoms with E-state index in [-0.39, 0.29) is 0 Å². The molecule has 0 bridgehead atoms. The number of nitrogens with two attached hydrogens (primary N) is 1. The predicted octanol–water partition coefficient (Wildman–Crippen LogP) is 2.77. The van der Waals surface area contributed by atoms with Gasteiger partial charge in [0.15, 0.2) is 5.82 Å². The minimum atomic E-state index is 0.418. The summed E-state index contributed by atoms with van der Waals surface area (Å²) in [6, 6.07) is 12.2. The molecule has 4 nitrogen and oxygen atoms in total. The molecule has 1 heterocycles. The number of rotatable bonds is 1. The number of fused-ring (bicyclic) bond motifs is 1. The van der Waals surface area contributed by atoms with Crippen molar-refractivity contribution >= 4 is 32.5 Å². The Morgan fingerprint density at radius 1 is 1.06 bits per heavy atom. The highest BCUT2D eigenvalue weighted by molar-refractivity contribution is 9.10. The van der Waals surface area contributed by atoms with Crippen LogP contribution in [0, 0.1) is 0 Å². The molecule has 0 fully saturated rings. The largest absolute Gasteiger partial charge is 0.381 e. The summed E-state index contributed by atoms with van der Waals surface area (Å²) in [7, 11) is 0. The van der Waals surface area contributed by atoms with Gasteiger partial charge in [0.1, 0.15) is 0 Å². The SMILES string of the molecule is Nc1cn(-c2ccc3cc(Br)ccc3c2)nn1. The molecule has 2 N–H and O–H groups in total. The minimum absolute atomic E-state index is 0.418. The van der Waals surface area contributed by atoms with E-state index in [1.807, 2.05) is 18.2 Å². The van der Waals surface area contributed by atoms with Crippen molar-refractivity contribution in [3.05, 3.63) is 47.1 Å². The highest BCUT2D eigenvalue weighted by Gasteiger charge is 2.01. The van der Waals surface area contributed by atoms with E-state index in [9.17, 15) is 0 Å². The van der Waals surface area contributed by atoms with Crippen molar-refractivity contribution in [2.75, 3.05) is 5.73 Å². The first-order valence-corrected chi connectivity index (χ1v) is 5.89. The van der Waals surface area contributed by atoms with Gasteiger partial charge < -0.3 is 5.73 Å². The Morgan fingerprint density at radius 3 is 2.59 bits per heavy atom. The Labute approximate surface area is 106 Å². The maximum absolute atomic E-state index is 5.55. The molecule has 84 valence electrons. The fourth-order valence-electron chi connectivity index (χ4n) is 1.75. The number of hydrogen-bond acceptors (Lipinski definition) is 3. The summed E-state index contributed by atoms with van der Waals surface area (Å²) < 4.78 is 2.74. The number of nitrogens with zero attached hydrogens (tertiary/aromatic N) is 3. The van der Waals surface area contributed by atoms with Gasteiger partial charge in [-0.05, 0) is 35.0 Å². The van der Waals surface area contributed by atoms with Gasteiger partial charge in [-0.15, -0.1) is 5.10 Å². The molecular weight excluding hydrogens is 280 g/mol. The molecule has 0 aliphatic rings.